The highest BCUT2D eigenvalue weighted by molar-refractivity contribution is 5.96. The van der Waals surface area contributed by atoms with Crippen molar-refractivity contribution in [1.82, 2.24) is 10.3 Å². The first-order chi connectivity index (χ1) is 11.3. The Labute approximate surface area is 136 Å². The lowest BCUT2D eigenvalue weighted by atomic mass is 10.2. The van der Waals surface area contributed by atoms with E-state index < -0.39 is 0 Å². The van der Waals surface area contributed by atoms with Crippen LogP contribution in [0.25, 0.3) is 0 Å². The summed E-state index contributed by atoms with van der Waals surface area (Å²) in [5, 5.41) is 3.01. The van der Waals surface area contributed by atoms with Gasteiger partial charge in [-0.2, -0.15) is 0 Å². The van der Waals surface area contributed by atoms with Crippen molar-refractivity contribution in [3.05, 3.63) is 54.2 Å². The van der Waals surface area contributed by atoms with E-state index in [4.69, 9.17) is 4.74 Å². The van der Waals surface area contributed by atoms with Crippen molar-refractivity contribution in [2.24, 2.45) is 0 Å². The molecule has 1 N–H and O–H groups in total. The van der Waals surface area contributed by atoms with E-state index in [2.05, 4.69) is 27.3 Å². The molecule has 0 saturated carbocycles. The first-order valence-corrected chi connectivity index (χ1v) is 7.88. The lowest BCUT2D eigenvalue weighted by molar-refractivity contribution is 0.0947. The number of methoxy groups -OCH3 is 1. The van der Waals surface area contributed by atoms with Gasteiger partial charge in [-0.25, -0.2) is 4.98 Å². The molecular weight excluding hydrogens is 290 g/mol. The molecule has 1 amide bonds. The van der Waals surface area contributed by atoms with Crippen molar-refractivity contribution < 1.29 is 9.53 Å². The predicted octanol–water partition coefficient (Wildman–Crippen LogP) is 2.49. The van der Waals surface area contributed by atoms with E-state index in [-0.39, 0.29) is 5.91 Å². The number of amides is 1. The maximum Gasteiger partial charge on any atom is 0.256 e. The normalized spacial score (nSPS) is 17.1. The lowest BCUT2D eigenvalue weighted by Crippen LogP contribution is -2.40. The summed E-state index contributed by atoms with van der Waals surface area (Å²) in [6.45, 7) is 1.65. The van der Waals surface area contributed by atoms with Crippen molar-refractivity contribution in [3.63, 3.8) is 0 Å². The van der Waals surface area contributed by atoms with Crippen molar-refractivity contribution in [3.8, 4) is 5.88 Å². The van der Waals surface area contributed by atoms with E-state index in [1.807, 2.05) is 18.2 Å². The van der Waals surface area contributed by atoms with E-state index in [0.717, 1.165) is 19.4 Å². The van der Waals surface area contributed by atoms with Crippen molar-refractivity contribution in [2.45, 2.75) is 18.9 Å². The third kappa shape index (κ3) is 3.44. The number of aromatic nitrogens is 1. The highest BCUT2D eigenvalue weighted by atomic mass is 16.5. The number of ether oxygens (including phenoxy) is 1. The summed E-state index contributed by atoms with van der Waals surface area (Å²) in [6.07, 6.45) is 3.84. The molecule has 1 fully saturated rings. The van der Waals surface area contributed by atoms with Gasteiger partial charge < -0.3 is 15.0 Å². The maximum atomic E-state index is 12.4. The number of nitrogens with one attached hydrogen (secondary N) is 1. The number of nitrogens with zero attached hydrogens (tertiary/aromatic N) is 2. The van der Waals surface area contributed by atoms with Crippen LogP contribution in [0.15, 0.2) is 48.7 Å². The van der Waals surface area contributed by atoms with Crippen molar-refractivity contribution >= 4 is 11.6 Å². The van der Waals surface area contributed by atoms with Gasteiger partial charge in [0, 0.05) is 31.0 Å². The molecule has 5 heteroatoms. The minimum absolute atomic E-state index is 0.144. The molecule has 1 atom stereocenters. The van der Waals surface area contributed by atoms with Crippen LogP contribution in [-0.4, -0.2) is 37.1 Å². The summed E-state index contributed by atoms with van der Waals surface area (Å²) in [5.41, 5.74) is 1.68. The Morgan fingerprint density at radius 2 is 2.13 bits per heavy atom. The number of benzene rings is 1. The first kappa shape index (κ1) is 15.3. The monoisotopic (exact) mass is 311 g/mol. The molecule has 23 heavy (non-hydrogen) atoms. The molecule has 5 nitrogen and oxygen atoms in total. The third-order valence-electron chi connectivity index (χ3n) is 4.17. The molecule has 2 aromatic rings. The summed E-state index contributed by atoms with van der Waals surface area (Å²) in [7, 11) is 1.52. The molecule has 2 heterocycles. The van der Waals surface area contributed by atoms with Gasteiger partial charge in [-0.1, -0.05) is 18.2 Å². The van der Waals surface area contributed by atoms with Crippen LogP contribution in [0.3, 0.4) is 0 Å². The van der Waals surface area contributed by atoms with Gasteiger partial charge in [-0.15, -0.1) is 0 Å². The molecule has 1 aliphatic heterocycles. The van der Waals surface area contributed by atoms with E-state index in [1.54, 1.807) is 18.3 Å². The minimum atomic E-state index is -0.144. The number of carbonyl (C=O) groups is 1. The van der Waals surface area contributed by atoms with Crippen LogP contribution in [0.1, 0.15) is 23.2 Å². The summed E-state index contributed by atoms with van der Waals surface area (Å²) >= 11 is 0. The zero-order valence-corrected chi connectivity index (χ0v) is 13.2. The SMILES string of the molecule is COc1ncccc1C(=O)NC[C@H]1CCCN1c1ccccc1. The molecule has 1 saturated heterocycles. The van der Waals surface area contributed by atoms with Gasteiger partial charge in [0.15, 0.2) is 0 Å². The Morgan fingerprint density at radius 3 is 2.91 bits per heavy atom. The summed E-state index contributed by atoms with van der Waals surface area (Å²) in [4.78, 5) is 18.8. The number of pyridine rings is 1. The fourth-order valence-corrected chi connectivity index (χ4v) is 3.04. The lowest BCUT2D eigenvalue weighted by Gasteiger charge is -2.27. The molecule has 1 aliphatic rings. The van der Waals surface area contributed by atoms with Crippen LogP contribution in [-0.2, 0) is 0 Å². The van der Waals surface area contributed by atoms with Crippen LogP contribution in [0.5, 0.6) is 5.88 Å². The smallest absolute Gasteiger partial charge is 0.256 e. The van der Waals surface area contributed by atoms with Crippen LogP contribution < -0.4 is 15.0 Å². The fraction of sp³-hybridized carbons (Fsp3) is 0.333. The van der Waals surface area contributed by atoms with E-state index in [9.17, 15) is 4.79 Å². The van der Waals surface area contributed by atoms with Gasteiger partial charge in [0.1, 0.15) is 5.56 Å². The zero-order valence-electron chi connectivity index (χ0n) is 13.2. The summed E-state index contributed by atoms with van der Waals surface area (Å²) in [5.74, 6) is 0.214. The second kappa shape index (κ2) is 7.13. The van der Waals surface area contributed by atoms with E-state index in [1.165, 1.54) is 12.8 Å². The van der Waals surface area contributed by atoms with Gasteiger partial charge in [-0.05, 0) is 37.1 Å². The highest BCUT2D eigenvalue weighted by Crippen LogP contribution is 2.25. The maximum absolute atomic E-state index is 12.4. The van der Waals surface area contributed by atoms with Crippen molar-refractivity contribution in [1.29, 1.82) is 0 Å². The number of rotatable bonds is 5. The standard InChI is InChI=1S/C18H21N3O2/c1-23-18-16(10-5-11-19-18)17(22)20-13-15-9-6-12-21(15)14-7-3-2-4-8-14/h2-5,7-8,10-11,15H,6,9,12-13H2,1H3,(H,20,22)/t15-/m1/s1. The average Bonchev–Trinajstić information content (AvgIpc) is 3.09. The Balaban J connectivity index is 1.64. The summed E-state index contributed by atoms with van der Waals surface area (Å²) < 4.78 is 5.15. The van der Waals surface area contributed by atoms with Crippen LogP contribution >= 0.6 is 0 Å². The third-order valence-corrected chi connectivity index (χ3v) is 4.17. The van der Waals surface area contributed by atoms with E-state index in [0.29, 0.717) is 24.0 Å². The van der Waals surface area contributed by atoms with Crippen LogP contribution in [0.2, 0.25) is 0 Å². The number of anilines is 1. The van der Waals surface area contributed by atoms with Crippen LogP contribution in [0.4, 0.5) is 5.69 Å². The molecule has 1 aromatic heterocycles. The summed E-state index contributed by atoms with van der Waals surface area (Å²) in [6, 6.07) is 14.1. The number of carbonyl (C=O) groups excluding carboxylic acids is 1. The largest absolute Gasteiger partial charge is 0.480 e. The second-order valence-corrected chi connectivity index (χ2v) is 5.60. The average molecular weight is 311 g/mol. The van der Waals surface area contributed by atoms with Gasteiger partial charge in [0.05, 0.1) is 7.11 Å². The minimum Gasteiger partial charge on any atom is -0.480 e. The predicted molar refractivity (Wildman–Crippen MR) is 89.9 cm³/mol. The van der Waals surface area contributed by atoms with Gasteiger partial charge in [-0.3, -0.25) is 4.79 Å². The quantitative estimate of drug-likeness (QED) is 0.922. The van der Waals surface area contributed by atoms with Gasteiger partial charge >= 0.3 is 0 Å². The Morgan fingerprint density at radius 1 is 1.30 bits per heavy atom. The molecule has 1 aromatic carbocycles. The molecule has 0 unspecified atom stereocenters. The van der Waals surface area contributed by atoms with E-state index >= 15 is 0 Å². The van der Waals surface area contributed by atoms with Gasteiger partial charge in [0.25, 0.3) is 5.91 Å². The molecular formula is C18H21N3O2. The Kier molecular flexibility index (Phi) is 4.76. The number of para-hydroxylation sites is 1. The molecule has 0 aliphatic carbocycles. The molecule has 120 valence electrons. The number of hydrogen-bond acceptors (Lipinski definition) is 4. The molecule has 0 bridgehead atoms. The van der Waals surface area contributed by atoms with Crippen LogP contribution in [0, 0.1) is 0 Å². The molecule has 0 radical (unpaired) electrons. The van der Waals surface area contributed by atoms with Gasteiger partial charge in [0.2, 0.25) is 5.88 Å². The zero-order chi connectivity index (χ0) is 16.1. The second-order valence-electron chi connectivity index (χ2n) is 5.60. The fourth-order valence-electron chi connectivity index (χ4n) is 3.04. The Bertz CT molecular complexity index is 660. The van der Waals surface area contributed by atoms with Crippen molar-refractivity contribution in [2.75, 3.05) is 25.1 Å². The topological polar surface area (TPSA) is 54.5 Å². The Hall–Kier alpha value is -2.56. The first-order valence-electron chi connectivity index (χ1n) is 7.88. The molecule has 3 rings (SSSR count). The molecule has 0 spiro atoms. The number of hydrogen-bond donors (Lipinski definition) is 1. The highest BCUT2D eigenvalue weighted by Gasteiger charge is 2.25.